The zero-order valence-corrected chi connectivity index (χ0v) is 21.7. The van der Waals surface area contributed by atoms with Crippen LogP contribution in [0.4, 0.5) is 4.79 Å². The minimum absolute atomic E-state index is 0.180. The third-order valence-electron chi connectivity index (χ3n) is 6.18. The van der Waals surface area contributed by atoms with Gasteiger partial charge in [-0.3, -0.25) is 4.90 Å². The minimum Gasteiger partial charge on any atom is -0.465 e. The fourth-order valence-corrected chi connectivity index (χ4v) is 4.18. The van der Waals surface area contributed by atoms with Crippen molar-refractivity contribution < 1.29 is 14.3 Å². The Morgan fingerprint density at radius 2 is 1.58 bits per heavy atom. The highest BCUT2D eigenvalue weighted by atomic mass is 28.4. The molecule has 4 nitrogen and oxygen atoms in total. The van der Waals surface area contributed by atoms with E-state index in [1.165, 1.54) is 4.90 Å². The van der Waals surface area contributed by atoms with Crippen molar-refractivity contribution in [2.75, 3.05) is 0 Å². The van der Waals surface area contributed by atoms with Crippen molar-refractivity contribution in [2.45, 2.75) is 85.3 Å². The van der Waals surface area contributed by atoms with E-state index >= 15 is 0 Å². The predicted octanol–water partition coefficient (Wildman–Crippen LogP) is 7.46. The molecule has 0 aliphatic rings. The van der Waals surface area contributed by atoms with E-state index in [2.05, 4.69) is 83.3 Å². The van der Waals surface area contributed by atoms with Crippen LogP contribution in [0, 0.1) is 6.92 Å². The van der Waals surface area contributed by atoms with E-state index in [-0.39, 0.29) is 5.04 Å². The highest BCUT2D eigenvalue weighted by Crippen LogP contribution is 2.37. The lowest BCUT2D eigenvalue weighted by molar-refractivity contribution is 0.0955. The molecule has 0 aromatic heterocycles. The average Bonchev–Trinajstić information content (AvgIpc) is 2.62. The number of carbonyl (C=O) groups is 1. The molecule has 0 aliphatic carbocycles. The van der Waals surface area contributed by atoms with Crippen molar-refractivity contribution >= 4 is 14.4 Å². The van der Waals surface area contributed by atoms with Crippen LogP contribution in [-0.4, -0.2) is 30.0 Å². The molecule has 0 spiro atoms. The van der Waals surface area contributed by atoms with Gasteiger partial charge in [0, 0.05) is 12.1 Å². The molecule has 0 heterocycles. The van der Waals surface area contributed by atoms with Gasteiger partial charge in [0.25, 0.3) is 0 Å². The fraction of sp³-hybridized carbons (Fsp3) is 0.500. The number of hydrogen-bond donors (Lipinski definition) is 1. The molecule has 2 rings (SSSR count). The molecule has 2 aromatic carbocycles. The second-order valence-electron chi connectivity index (χ2n) is 11.0. The summed E-state index contributed by atoms with van der Waals surface area (Å²) in [6, 6.07) is 14.8. The Labute approximate surface area is 189 Å². The molecule has 5 heteroatoms. The first-order valence-corrected chi connectivity index (χ1v) is 13.9. The number of aryl methyl sites for hydroxylation is 1. The monoisotopic (exact) mass is 441 g/mol. The van der Waals surface area contributed by atoms with E-state index in [0.29, 0.717) is 13.2 Å². The highest BCUT2D eigenvalue weighted by molar-refractivity contribution is 6.74. The van der Waals surface area contributed by atoms with Gasteiger partial charge in [-0.2, -0.15) is 0 Å². The lowest BCUT2D eigenvalue weighted by Gasteiger charge is -2.36. The second kappa shape index (κ2) is 9.17. The maximum absolute atomic E-state index is 11.8. The number of nitrogens with zero attached hydrogens (tertiary/aromatic N) is 1. The Balaban J connectivity index is 2.29. The fourth-order valence-electron chi connectivity index (χ4n) is 3.22. The van der Waals surface area contributed by atoms with Crippen LogP contribution in [0.1, 0.15) is 58.2 Å². The smallest absolute Gasteiger partial charge is 0.408 e. The average molecular weight is 442 g/mol. The molecule has 31 heavy (non-hydrogen) atoms. The Hall–Kier alpha value is -2.11. The maximum atomic E-state index is 11.8. The Morgan fingerprint density at radius 3 is 2.13 bits per heavy atom. The van der Waals surface area contributed by atoms with Gasteiger partial charge >= 0.3 is 6.09 Å². The SMILES string of the molecule is Cc1cc(CN(C(=O)O)C(C)(C)C)cc(-c2cccc(CO[Si](C)(C)C(C)(C)C)c2)c1. The van der Waals surface area contributed by atoms with Crippen LogP contribution >= 0.6 is 0 Å². The first kappa shape index (κ1) is 25.2. The number of amides is 1. The number of rotatable bonds is 6. The van der Waals surface area contributed by atoms with Gasteiger partial charge in [-0.1, -0.05) is 56.7 Å². The van der Waals surface area contributed by atoms with Gasteiger partial charge in [-0.25, -0.2) is 4.79 Å². The Morgan fingerprint density at radius 1 is 0.968 bits per heavy atom. The summed E-state index contributed by atoms with van der Waals surface area (Å²) in [5, 5.41) is 9.84. The molecule has 0 atom stereocenters. The standard InChI is InChI=1S/C26H39NO3Si/c1-19-13-21(17-27(24(28)29)25(2,3)4)16-23(14-19)22-12-10-11-20(15-22)18-30-31(8,9)26(5,6)7/h10-16H,17-18H2,1-9H3,(H,28,29). The summed E-state index contributed by atoms with van der Waals surface area (Å²) < 4.78 is 6.40. The van der Waals surface area contributed by atoms with Gasteiger partial charge in [-0.05, 0) is 80.2 Å². The minimum atomic E-state index is -1.81. The molecular weight excluding hydrogens is 402 g/mol. The van der Waals surface area contributed by atoms with Crippen LogP contribution in [0.5, 0.6) is 0 Å². The molecule has 0 saturated heterocycles. The van der Waals surface area contributed by atoms with E-state index in [1.807, 2.05) is 20.8 Å². The number of benzene rings is 2. The molecule has 1 amide bonds. The summed E-state index contributed by atoms with van der Waals surface area (Å²) in [4.78, 5) is 13.3. The molecule has 0 aliphatic heterocycles. The molecule has 0 radical (unpaired) electrons. The van der Waals surface area contributed by atoms with Gasteiger partial charge in [0.1, 0.15) is 0 Å². The predicted molar refractivity (Wildman–Crippen MR) is 132 cm³/mol. The van der Waals surface area contributed by atoms with Crippen LogP contribution in [0.25, 0.3) is 11.1 Å². The van der Waals surface area contributed by atoms with Crippen molar-refractivity contribution in [1.82, 2.24) is 4.90 Å². The van der Waals surface area contributed by atoms with Gasteiger partial charge in [-0.15, -0.1) is 0 Å². The van der Waals surface area contributed by atoms with Crippen LogP contribution in [0.15, 0.2) is 42.5 Å². The molecule has 0 fully saturated rings. The topological polar surface area (TPSA) is 49.8 Å². The maximum Gasteiger partial charge on any atom is 0.408 e. The summed E-state index contributed by atoms with van der Waals surface area (Å²) >= 11 is 0. The molecule has 170 valence electrons. The van der Waals surface area contributed by atoms with Gasteiger partial charge in [0.05, 0.1) is 6.61 Å². The number of carboxylic acid groups (broad SMARTS) is 1. The summed E-state index contributed by atoms with van der Waals surface area (Å²) in [6.07, 6.45) is -0.902. The van der Waals surface area contributed by atoms with E-state index in [1.54, 1.807) is 0 Å². The summed E-state index contributed by atoms with van der Waals surface area (Å²) in [6.45, 7) is 20.1. The zero-order chi connectivity index (χ0) is 23.6. The van der Waals surface area contributed by atoms with Crippen LogP contribution in [-0.2, 0) is 17.6 Å². The molecule has 0 bridgehead atoms. The van der Waals surface area contributed by atoms with Crippen molar-refractivity contribution in [3.05, 3.63) is 59.2 Å². The largest absolute Gasteiger partial charge is 0.465 e. The zero-order valence-electron chi connectivity index (χ0n) is 20.7. The lowest BCUT2D eigenvalue weighted by Crippen LogP contribution is -2.44. The first-order chi connectivity index (χ1) is 14.1. The van der Waals surface area contributed by atoms with Gasteiger partial charge in [0.2, 0.25) is 0 Å². The highest BCUT2D eigenvalue weighted by Gasteiger charge is 2.37. The van der Waals surface area contributed by atoms with Crippen molar-refractivity contribution in [3.63, 3.8) is 0 Å². The summed E-state index contributed by atoms with van der Waals surface area (Å²) in [5.74, 6) is 0. The molecular formula is C26H39NO3Si. The van der Waals surface area contributed by atoms with Gasteiger partial charge in [0.15, 0.2) is 8.32 Å². The third-order valence-corrected chi connectivity index (χ3v) is 10.7. The third kappa shape index (κ3) is 6.68. The molecule has 0 unspecified atom stereocenters. The second-order valence-corrected chi connectivity index (χ2v) is 15.8. The summed E-state index contributed by atoms with van der Waals surface area (Å²) in [5.41, 5.74) is 5.04. The Bertz CT molecular complexity index is 923. The van der Waals surface area contributed by atoms with Crippen molar-refractivity contribution in [2.24, 2.45) is 0 Å². The van der Waals surface area contributed by atoms with Gasteiger partial charge < -0.3 is 9.53 Å². The van der Waals surface area contributed by atoms with E-state index in [4.69, 9.17) is 4.43 Å². The van der Waals surface area contributed by atoms with Crippen LogP contribution < -0.4 is 0 Å². The first-order valence-electron chi connectivity index (χ1n) is 10.9. The van der Waals surface area contributed by atoms with E-state index in [9.17, 15) is 9.90 Å². The van der Waals surface area contributed by atoms with E-state index < -0.39 is 19.9 Å². The van der Waals surface area contributed by atoms with Crippen molar-refractivity contribution in [3.8, 4) is 11.1 Å². The molecule has 1 N–H and O–H groups in total. The lowest BCUT2D eigenvalue weighted by atomic mass is 9.97. The number of hydrogen-bond acceptors (Lipinski definition) is 2. The quantitative estimate of drug-likeness (QED) is 0.473. The Kier molecular flexibility index (Phi) is 7.44. The van der Waals surface area contributed by atoms with Crippen LogP contribution in [0.2, 0.25) is 18.1 Å². The van der Waals surface area contributed by atoms with Crippen molar-refractivity contribution in [1.29, 1.82) is 0 Å². The molecule has 2 aromatic rings. The van der Waals surface area contributed by atoms with Crippen LogP contribution in [0.3, 0.4) is 0 Å². The normalized spacial score (nSPS) is 12.7. The summed E-state index contributed by atoms with van der Waals surface area (Å²) in [7, 11) is -1.81. The van der Waals surface area contributed by atoms with E-state index in [0.717, 1.165) is 27.8 Å². The molecule has 0 saturated carbocycles.